The van der Waals surface area contributed by atoms with Gasteiger partial charge in [0.2, 0.25) is 0 Å². The molecule has 1 aliphatic heterocycles. The molecule has 12 heteroatoms. The number of carbonyl (C=O) groups excluding carboxylic acids is 1. The smallest absolute Gasteiger partial charge is 0.341 e. The monoisotopic (exact) mass is 603 g/mol. The highest BCUT2D eigenvalue weighted by Crippen LogP contribution is 2.36. The van der Waals surface area contributed by atoms with Gasteiger partial charge in [-0.25, -0.2) is 9.79 Å². The molecule has 0 fully saturated rings. The first-order valence-corrected chi connectivity index (χ1v) is 14.0. The fourth-order valence-corrected chi connectivity index (χ4v) is 6.21. The summed E-state index contributed by atoms with van der Waals surface area (Å²) in [5.41, 5.74) is 1.74. The molecule has 1 atom stereocenters. The first kappa shape index (κ1) is 29.4. The lowest BCUT2D eigenvalue weighted by Crippen LogP contribution is -2.43. The molecule has 9 nitrogen and oxygen atoms in total. The zero-order valence-corrected chi connectivity index (χ0v) is 24.6. The zero-order chi connectivity index (χ0) is 29.1. The number of methoxy groups -OCH3 is 1. The molecule has 2 aromatic carbocycles. The van der Waals surface area contributed by atoms with E-state index < -0.39 is 18.6 Å². The van der Waals surface area contributed by atoms with Crippen LogP contribution in [0.15, 0.2) is 57.5 Å². The molecule has 1 N–H and O–H groups in total. The third kappa shape index (κ3) is 5.65. The van der Waals surface area contributed by atoms with Gasteiger partial charge < -0.3 is 19.5 Å². The summed E-state index contributed by atoms with van der Waals surface area (Å²) in [5.74, 6) is -0.796. The normalized spacial score (nSPS) is 14.9. The summed E-state index contributed by atoms with van der Waals surface area (Å²) >= 11 is 13.8. The average molecular weight is 605 g/mol. The van der Waals surface area contributed by atoms with Gasteiger partial charge in [0.15, 0.2) is 17.2 Å². The number of carboxylic acids is 1. The predicted octanol–water partition coefficient (Wildman–Crippen LogP) is 3.88. The molecule has 0 saturated heterocycles. The lowest BCUT2D eigenvalue weighted by Gasteiger charge is -2.29. The maximum Gasteiger partial charge on any atom is 0.341 e. The van der Waals surface area contributed by atoms with Crippen molar-refractivity contribution in [2.75, 3.05) is 26.8 Å². The molecule has 1 amide bonds. The van der Waals surface area contributed by atoms with Gasteiger partial charge >= 0.3 is 5.97 Å². The number of ether oxygens (including phenoxy) is 2. The van der Waals surface area contributed by atoms with Crippen LogP contribution in [-0.4, -0.2) is 53.3 Å². The summed E-state index contributed by atoms with van der Waals surface area (Å²) in [5, 5.41) is 9.09. The van der Waals surface area contributed by atoms with Crippen LogP contribution in [0.4, 0.5) is 0 Å². The van der Waals surface area contributed by atoms with Crippen LogP contribution < -0.4 is 24.4 Å². The minimum absolute atomic E-state index is 0.0377. The molecule has 0 aliphatic carbocycles. The summed E-state index contributed by atoms with van der Waals surface area (Å²) in [4.78, 5) is 45.3. The number of aliphatic carboxylic acids is 1. The van der Waals surface area contributed by atoms with E-state index >= 15 is 0 Å². The SMILES string of the molecule is CCN(CC)C(=O)C1=C(C)N=c2s/c(=C/c3cc(Cl)c(OCC(=O)O)c(Cl)c3)c(=O)n2[C@H]1c1ccccc1OC. The van der Waals surface area contributed by atoms with Crippen LogP contribution in [0.25, 0.3) is 6.08 Å². The Labute approximate surface area is 244 Å². The molecule has 4 rings (SSSR count). The molecular weight excluding hydrogens is 577 g/mol. The van der Waals surface area contributed by atoms with Gasteiger partial charge in [0.05, 0.1) is 33.0 Å². The van der Waals surface area contributed by atoms with Crippen molar-refractivity contribution in [2.45, 2.75) is 26.8 Å². The maximum absolute atomic E-state index is 13.9. The molecule has 1 aliphatic rings. The van der Waals surface area contributed by atoms with Crippen molar-refractivity contribution in [1.82, 2.24) is 9.47 Å². The molecular formula is C28H27Cl2N3O6S. The van der Waals surface area contributed by atoms with Gasteiger partial charge in [-0.2, -0.15) is 0 Å². The number of hydrogen-bond acceptors (Lipinski definition) is 7. The zero-order valence-electron chi connectivity index (χ0n) is 22.2. The molecule has 0 spiro atoms. The highest BCUT2D eigenvalue weighted by Gasteiger charge is 2.35. The average Bonchev–Trinajstić information content (AvgIpc) is 3.21. The number of carboxylic acid groups (broad SMARTS) is 1. The number of amides is 1. The highest BCUT2D eigenvalue weighted by atomic mass is 35.5. The summed E-state index contributed by atoms with van der Waals surface area (Å²) < 4.78 is 12.7. The summed E-state index contributed by atoms with van der Waals surface area (Å²) in [7, 11) is 1.54. The Morgan fingerprint density at radius 2 is 1.82 bits per heavy atom. The Morgan fingerprint density at radius 1 is 1.18 bits per heavy atom. The number of carbonyl (C=O) groups is 2. The summed E-state index contributed by atoms with van der Waals surface area (Å²) in [6.07, 6.45) is 1.62. The molecule has 0 saturated carbocycles. The van der Waals surface area contributed by atoms with Crippen LogP contribution in [-0.2, 0) is 9.59 Å². The number of halogens is 2. The molecule has 2 heterocycles. The van der Waals surface area contributed by atoms with Gasteiger partial charge in [-0.3, -0.25) is 14.2 Å². The van der Waals surface area contributed by atoms with Crippen LogP contribution in [0.3, 0.4) is 0 Å². The van der Waals surface area contributed by atoms with Crippen molar-refractivity contribution in [3.63, 3.8) is 0 Å². The fourth-order valence-electron chi connectivity index (χ4n) is 4.55. The van der Waals surface area contributed by atoms with Gasteiger partial charge in [0.1, 0.15) is 11.8 Å². The lowest BCUT2D eigenvalue weighted by atomic mass is 9.94. The van der Waals surface area contributed by atoms with Crippen LogP contribution in [0.5, 0.6) is 11.5 Å². The van der Waals surface area contributed by atoms with Crippen molar-refractivity contribution in [3.05, 3.63) is 88.5 Å². The number of thiazole rings is 1. The fraction of sp³-hybridized carbons (Fsp3) is 0.286. The van der Waals surface area contributed by atoms with Crippen molar-refractivity contribution >= 4 is 52.5 Å². The van der Waals surface area contributed by atoms with Crippen molar-refractivity contribution in [1.29, 1.82) is 0 Å². The predicted molar refractivity (Wildman–Crippen MR) is 154 cm³/mol. The summed E-state index contributed by atoms with van der Waals surface area (Å²) in [6, 6.07) is 9.58. The van der Waals surface area contributed by atoms with Crippen molar-refractivity contribution in [2.24, 2.45) is 4.99 Å². The van der Waals surface area contributed by atoms with E-state index in [1.165, 1.54) is 28.0 Å². The largest absolute Gasteiger partial charge is 0.496 e. The van der Waals surface area contributed by atoms with Crippen LogP contribution in [0.1, 0.15) is 37.9 Å². The van der Waals surface area contributed by atoms with Crippen LogP contribution in [0, 0.1) is 0 Å². The third-order valence-corrected chi connectivity index (χ3v) is 7.94. The van der Waals surface area contributed by atoms with E-state index in [2.05, 4.69) is 4.99 Å². The Morgan fingerprint density at radius 3 is 2.42 bits per heavy atom. The first-order chi connectivity index (χ1) is 19.1. The number of nitrogens with zero attached hydrogens (tertiary/aromatic N) is 3. The number of aromatic nitrogens is 1. The van der Waals surface area contributed by atoms with E-state index in [0.717, 1.165) is 0 Å². The van der Waals surface area contributed by atoms with E-state index in [9.17, 15) is 14.4 Å². The van der Waals surface area contributed by atoms with E-state index in [-0.39, 0.29) is 27.3 Å². The second kappa shape index (κ2) is 12.3. The highest BCUT2D eigenvalue weighted by molar-refractivity contribution is 7.07. The molecule has 3 aromatic rings. The Bertz CT molecular complexity index is 1670. The molecule has 0 bridgehead atoms. The Kier molecular flexibility index (Phi) is 9.02. The third-order valence-electron chi connectivity index (χ3n) is 6.39. The second-order valence-electron chi connectivity index (χ2n) is 8.80. The molecule has 210 valence electrons. The van der Waals surface area contributed by atoms with E-state index in [1.54, 1.807) is 31.1 Å². The van der Waals surface area contributed by atoms with Gasteiger partial charge in [0.25, 0.3) is 11.5 Å². The van der Waals surface area contributed by atoms with Crippen molar-refractivity contribution in [3.8, 4) is 11.5 Å². The Hall–Kier alpha value is -3.60. The van der Waals surface area contributed by atoms with Crippen LogP contribution in [0.2, 0.25) is 10.0 Å². The lowest BCUT2D eigenvalue weighted by molar-refractivity contribution is -0.139. The van der Waals surface area contributed by atoms with E-state index in [4.69, 9.17) is 37.8 Å². The number of fused-ring (bicyclic) bond motifs is 1. The van der Waals surface area contributed by atoms with E-state index in [1.807, 2.05) is 32.0 Å². The van der Waals surface area contributed by atoms with Gasteiger partial charge in [-0.1, -0.05) is 52.7 Å². The number of benzene rings is 2. The van der Waals surface area contributed by atoms with Crippen molar-refractivity contribution < 1.29 is 24.2 Å². The quantitative estimate of drug-likeness (QED) is 0.397. The maximum atomic E-state index is 13.9. The van der Waals surface area contributed by atoms with Gasteiger partial charge in [-0.05, 0) is 50.6 Å². The number of likely N-dealkylation sites (N-methyl/N-ethyl adjacent to an activating group) is 1. The number of allylic oxidation sites excluding steroid dienone is 1. The standard InChI is InChI=1S/C28H27Cl2N3O6S/c1-5-32(6-2)27(37)23-15(3)31-28-33(24(23)17-9-7-8-10-20(17)38-4)26(36)21(40-28)13-16-11-18(29)25(19(30)12-16)39-14-22(34)35/h7-13,24H,5-6,14H2,1-4H3,(H,34,35)/b21-13+/t24-/m0/s1. The molecule has 1 aromatic heterocycles. The first-order valence-electron chi connectivity index (χ1n) is 12.4. The van der Waals surface area contributed by atoms with Crippen LogP contribution >= 0.6 is 34.5 Å². The minimum Gasteiger partial charge on any atom is -0.496 e. The number of hydrogen-bond donors (Lipinski definition) is 1. The second-order valence-corrected chi connectivity index (χ2v) is 10.6. The minimum atomic E-state index is -1.17. The number of rotatable bonds is 9. The molecule has 0 unspecified atom stereocenters. The van der Waals surface area contributed by atoms with E-state index in [0.29, 0.717) is 50.6 Å². The van der Waals surface area contributed by atoms with Gasteiger partial charge in [-0.15, -0.1) is 0 Å². The topological polar surface area (TPSA) is 110 Å². The summed E-state index contributed by atoms with van der Waals surface area (Å²) in [6.45, 7) is 5.98. The molecule has 0 radical (unpaired) electrons. The van der Waals surface area contributed by atoms with Gasteiger partial charge in [0, 0.05) is 18.7 Å². The number of para-hydroxylation sites is 1. The Balaban J connectivity index is 1.91. The molecule has 40 heavy (non-hydrogen) atoms.